The molecule has 0 aliphatic heterocycles. The van der Waals surface area contributed by atoms with Crippen LogP contribution < -0.4 is 0 Å². The van der Waals surface area contributed by atoms with Crippen LogP contribution in [0.1, 0.15) is 86.0 Å². The minimum absolute atomic E-state index is 0.206. The van der Waals surface area contributed by atoms with Gasteiger partial charge >= 0.3 is 5.97 Å². The fraction of sp³-hybridized carbons (Fsp3) is 0.370. The highest BCUT2D eigenvalue weighted by Gasteiger charge is 2.37. The van der Waals surface area contributed by atoms with E-state index in [0.29, 0.717) is 5.56 Å². The Kier molecular flexibility index (Phi) is 4.57. The van der Waals surface area contributed by atoms with Crippen LogP contribution >= 0.6 is 0 Å². The molecule has 0 amide bonds. The van der Waals surface area contributed by atoms with Gasteiger partial charge in [-0.3, -0.25) is 0 Å². The maximum Gasteiger partial charge on any atom is 0.335 e. The molecule has 0 saturated heterocycles. The zero-order valence-corrected chi connectivity index (χ0v) is 18.0. The first kappa shape index (κ1) is 19.7. The third-order valence-corrected chi connectivity index (χ3v) is 6.99. The number of benzene rings is 3. The molecular weight excluding hydrogens is 356 g/mol. The normalized spacial score (nSPS) is 18.2. The zero-order valence-electron chi connectivity index (χ0n) is 18.0. The van der Waals surface area contributed by atoms with Crippen molar-refractivity contribution in [1.82, 2.24) is 0 Å². The maximum atomic E-state index is 11.2. The molecule has 1 atom stereocenters. The van der Waals surface area contributed by atoms with Gasteiger partial charge in [0.1, 0.15) is 0 Å². The van der Waals surface area contributed by atoms with Crippen LogP contribution in [0.4, 0.5) is 0 Å². The number of carboxylic acid groups (broad SMARTS) is 1. The van der Waals surface area contributed by atoms with Crippen molar-refractivity contribution >= 4 is 16.7 Å². The maximum absolute atomic E-state index is 11.2. The Morgan fingerprint density at radius 1 is 0.793 bits per heavy atom. The summed E-state index contributed by atoms with van der Waals surface area (Å²) in [6.07, 6.45) is 2.44. The number of aromatic carboxylic acids is 1. The first-order valence-corrected chi connectivity index (χ1v) is 10.5. The van der Waals surface area contributed by atoms with E-state index >= 15 is 0 Å². The summed E-state index contributed by atoms with van der Waals surface area (Å²) in [5.74, 6) is -0.603. The van der Waals surface area contributed by atoms with Gasteiger partial charge in [0.05, 0.1) is 5.56 Å². The summed E-state index contributed by atoms with van der Waals surface area (Å²) in [6, 6.07) is 18.8. The smallest absolute Gasteiger partial charge is 0.335 e. The molecule has 29 heavy (non-hydrogen) atoms. The Morgan fingerprint density at radius 3 is 2.03 bits per heavy atom. The van der Waals surface area contributed by atoms with E-state index in [1.54, 1.807) is 12.1 Å². The number of carbonyl (C=O) groups is 1. The molecule has 2 heteroatoms. The monoisotopic (exact) mass is 386 g/mol. The van der Waals surface area contributed by atoms with Crippen molar-refractivity contribution in [3.05, 3.63) is 82.4 Å². The van der Waals surface area contributed by atoms with Crippen molar-refractivity contribution in [2.75, 3.05) is 0 Å². The van der Waals surface area contributed by atoms with Gasteiger partial charge < -0.3 is 5.11 Å². The highest BCUT2D eigenvalue weighted by atomic mass is 16.4. The van der Waals surface area contributed by atoms with E-state index in [-0.39, 0.29) is 16.7 Å². The molecule has 1 aliphatic carbocycles. The molecule has 0 saturated carbocycles. The van der Waals surface area contributed by atoms with Crippen LogP contribution in [0, 0.1) is 0 Å². The van der Waals surface area contributed by atoms with Crippen molar-refractivity contribution in [3.63, 3.8) is 0 Å². The summed E-state index contributed by atoms with van der Waals surface area (Å²) in [4.78, 5) is 11.2. The average molecular weight is 387 g/mol. The molecule has 0 fully saturated rings. The van der Waals surface area contributed by atoms with Crippen LogP contribution in [0.15, 0.2) is 54.6 Å². The van der Waals surface area contributed by atoms with Gasteiger partial charge in [-0.15, -0.1) is 0 Å². The number of rotatable bonds is 3. The lowest BCUT2D eigenvalue weighted by atomic mass is 9.62. The second-order valence-corrected chi connectivity index (χ2v) is 9.92. The van der Waals surface area contributed by atoms with Gasteiger partial charge in [-0.1, -0.05) is 77.1 Å². The predicted molar refractivity (Wildman–Crippen MR) is 120 cm³/mol. The van der Waals surface area contributed by atoms with Gasteiger partial charge in [0.25, 0.3) is 0 Å². The summed E-state index contributed by atoms with van der Waals surface area (Å²) in [7, 11) is 0. The molecule has 2 nitrogen and oxygen atoms in total. The molecule has 0 spiro atoms. The van der Waals surface area contributed by atoms with E-state index in [2.05, 4.69) is 65.0 Å². The summed E-state index contributed by atoms with van der Waals surface area (Å²) in [5.41, 5.74) is 6.35. The largest absolute Gasteiger partial charge is 0.478 e. The fourth-order valence-corrected chi connectivity index (χ4v) is 4.73. The Bertz CT molecular complexity index is 1100. The van der Waals surface area contributed by atoms with E-state index in [1.807, 2.05) is 12.1 Å². The molecule has 0 radical (unpaired) electrons. The van der Waals surface area contributed by atoms with Crippen molar-refractivity contribution in [1.29, 1.82) is 0 Å². The highest BCUT2D eigenvalue weighted by molar-refractivity contribution is 5.94. The molecule has 4 rings (SSSR count). The third-order valence-electron chi connectivity index (χ3n) is 6.99. The van der Waals surface area contributed by atoms with Crippen molar-refractivity contribution in [2.24, 2.45) is 0 Å². The zero-order chi connectivity index (χ0) is 21.0. The molecule has 3 aromatic rings. The lowest BCUT2D eigenvalue weighted by Crippen LogP contribution is -2.34. The van der Waals surface area contributed by atoms with Crippen molar-refractivity contribution < 1.29 is 9.90 Å². The van der Waals surface area contributed by atoms with Gasteiger partial charge in [0.15, 0.2) is 0 Å². The van der Waals surface area contributed by atoms with Crippen LogP contribution in [0.5, 0.6) is 0 Å². The molecule has 150 valence electrons. The molecule has 0 heterocycles. The Hall–Kier alpha value is -2.61. The summed E-state index contributed by atoms with van der Waals surface area (Å²) < 4.78 is 0. The number of hydrogen-bond acceptors (Lipinski definition) is 1. The van der Waals surface area contributed by atoms with Gasteiger partial charge in [0.2, 0.25) is 0 Å². The summed E-state index contributed by atoms with van der Waals surface area (Å²) in [5, 5.41) is 11.3. The highest BCUT2D eigenvalue weighted by Crippen LogP contribution is 2.46. The molecule has 0 aromatic heterocycles. The topological polar surface area (TPSA) is 37.3 Å². The predicted octanol–water partition coefficient (Wildman–Crippen LogP) is 7.04. The average Bonchev–Trinajstić information content (AvgIpc) is 2.70. The van der Waals surface area contributed by atoms with E-state index < -0.39 is 5.97 Å². The molecule has 1 aliphatic rings. The first-order chi connectivity index (χ1) is 13.6. The van der Waals surface area contributed by atoms with Crippen LogP contribution in [-0.4, -0.2) is 11.1 Å². The Morgan fingerprint density at radius 2 is 1.34 bits per heavy atom. The minimum Gasteiger partial charge on any atom is -0.478 e. The third kappa shape index (κ3) is 3.46. The van der Waals surface area contributed by atoms with Crippen LogP contribution in [0.2, 0.25) is 0 Å². The van der Waals surface area contributed by atoms with Crippen LogP contribution in [-0.2, 0) is 10.8 Å². The standard InChI is InChI=1S/C27H30O2/c1-17(18-6-7-21-15-22(25(28)29)9-8-20(21)14-18)19-10-11-23-24(16-19)27(4,5)13-12-26(23,2)3/h6-11,14-17H,12-13H2,1-5H3,(H,28,29). The number of carboxylic acids is 1. The fourth-order valence-electron chi connectivity index (χ4n) is 4.73. The second-order valence-electron chi connectivity index (χ2n) is 9.92. The van der Waals surface area contributed by atoms with Gasteiger partial charge in [0, 0.05) is 5.92 Å². The molecule has 0 bridgehead atoms. The number of hydrogen-bond donors (Lipinski definition) is 1. The van der Waals surface area contributed by atoms with Gasteiger partial charge in [-0.2, -0.15) is 0 Å². The Balaban J connectivity index is 1.74. The molecule has 1 N–H and O–H groups in total. The lowest BCUT2D eigenvalue weighted by Gasteiger charge is -2.42. The van der Waals surface area contributed by atoms with Gasteiger partial charge in [-0.05, 0) is 68.8 Å². The molecular formula is C27H30O2. The second kappa shape index (κ2) is 6.73. The minimum atomic E-state index is -0.885. The van der Waals surface area contributed by atoms with E-state index in [9.17, 15) is 9.90 Å². The summed E-state index contributed by atoms with van der Waals surface area (Å²) >= 11 is 0. The van der Waals surface area contributed by atoms with Crippen molar-refractivity contribution in [3.8, 4) is 0 Å². The first-order valence-electron chi connectivity index (χ1n) is 10.5. The van der Waals surface area contributed by atoms with E-state index in [1.165, 1.54) is 35.1 Å². The Labute approximate surface area is 173 Å². The van der Waals surface area contributed by atoms with Crippen molar-refractivity contribution in [2.45, 2.75) is 64.2 Å². The van der Waals surface area contributed by atoms with E-state index in [4.69, 9.17) is 0 Å². The quantitative estimate of drug-likeness (QED) is 0.524. The summed E-state index contributed by atoms with van der Waals surface area (Å²) in [6.45, 7) is 11.7. The molecule has 1 unspecified atom stereocenters. The van der Waals surface area contributed by atoms with Gasteiger partial charge in [-0.25, -0.2) is 4.79 Å². The number of fused-ring (bicyclic) bond motifs is 2. The van der Waals surface area contributed by atoms with Crippen LogP contribution in [0.25, 0.3) is 10.8 Å². The van der Waals surface area contributed by atoms with E-state index in [0.717, 1.165) is 10.8 Å². The van der Waals surface area contributed by atoms with Crippen LogP contribution in [0.3, 0.4) is 0 Å². The SMILES string of the molecule is CC(c1ccc2c(c1)C(C)(C)CCC2(C)C)c1ccc2cc(C(=O)O)ccc2c1. The molecule has 3 aromatic carbocycles. The lowest BCUT2D eigenvalue weighted by molar-refractivity contribution is 0.0697.